The highest BCUT2D eigenvalue weighted by Crippen LogP contribution is 2.30. The Balaban J connectivity index is 2.31. The van der Waals surface area contributed by atoms with Crippen LogP contribution >= 0.6 is 0 Å². The molecule has 1 heterocycles. The van der Waals surface area contributed by atoms with Gasteiger partial charge in [0.2, 0.25) is 5.91 Å². The molecule has 2 rings (SSSR count). The second-order valence-corrected chi connectivity index (χ2v) is 5.31. The van der Waals surface area contributed by atoms with Crippen LogP contribution in [0.1, 0.15) is 32.5 Å². The highest BCUT2D eigenvalue weighted by Gasteiger charge is 2.40. The molecular formula is C15H21FN2O2. The maximum atomic E-state index is 13.8. The SMILES string of the molecule is CCN1C(=O)C(C(C)C)NC1c1ccc(OC)c(F)c1. The predicted octanol–water partition coefficient (Wildman–Crippen LogP) is 2.31. The van der Waals surface area contributed by atoms with Gasteiger partial charge in [-0.1, -0.05) is 19.9 Å². The average molecular weight is 280 g/mol. The summed E-state index contributed by atoms with van der Waals surface area (Å²) in [6, 6.07) is 4.59. The number of methoxy groups -OCH3 is 1. The molecule has 0 radical (unpaired) electrons. The first-order valence-corrected chi connectivity index (χ1v) is 6.89. The van der Waals surface area contributed by atoms with Crippen LogP contribution in [0.15, 0.2) is 18.2 Å². The van der Waals surface area contributed by atoms with Gasteiger partial charge in [0.1, 0.15) is 6.17 Å². The Labute approximate surface area is 118 Å². The first kappa shape index (κ1) is 14.8. The summed E-state index contributed by atoms with van der Waals surface area (Å²) in [7, 11) is 1.43. The van der Waals surface area contributed by atoms with Crippen molar-refractivity contribution in [3.8, 4) is 5.75 Å². The molecule has 1 N–H and O–H groups in total. The van der Waals surface area contributed by atoms with E-state index < -0.39 is 5.82 Å². The third-order valence-corrected chi connectivity index (χ3v) is 3.70. The molecule has 4 nitrogen and oxygen atoms in total. The number of benzene rings is 1. The first-order chi connectivity index (χ1) is 9.49. The number of likely N-dealkylation sites (N-methyl/N-ethyl adjacent to an activating group) is 1. The third-order valence-electron chi connectivity index (χ3n) is 3.70. The number of halogens is 1. The van der Waals surface area contributed by atoms with Crippen LogP contribution in [0.25, 0.3) is 0 Å². The lowest BCUT2D eigenvalue weighted by atomic mass is 10.1. The minimum absolute atomic E-state index is 0.0729. The van der Waals surface area contributed by atoms with E-state index in [4.69, 9.17) is 4.74 Å². The van der Waals surface area contributed by atoms with Gasteiger partial charge < -0.3 is 9.64 Å². The number of amides is 1. The molecule has 1 fully saturated rings. The Bertz CT molecular complexity index is 505. The molecule has 2 unspecified atom stereocenters. The quantitative estimate of drug-likeness (QED) is 0.920. The van der Waals surface area contributed by atoms with Crippen molar-refractivity contribution in [2.75, 3.05) is 13.7 Å². The van der Waals surface area contributed by atoms with Gasteiger partial charge in [0.15, 0.2) is 11.6 Å². The van der Waals surface area contributed by atoms with E-state index in [-0.39, 0.29) is 29.8 Å². The van der Waals surface area contributed by atoms with Gasteiger partial charge in [-0.05, 0) is 30.5 Å². The highest BCUT2D eigenvalue weighted by atomic mass is 19.1. The van der Waals surface area contributed by atoms with Crippen LogP contribution in [0, 0.1) is 11.7 Å². The minimum Gasteiger partial charge on any atom is -0.494 e. The van der Waals surface area contributed by atoms with Crippen LogP contribution in [0.5, 0.6) is 5.75 Å². The Morgan fingerprint density at radius 2 is 2.15 bits per heavy atom. The van der Waals surface area contributed by atoms with Crippen molar-refractivity contribution in [2.45, 2.75) is 33.0 Å². The van der Waals surface area contributed by atoms with Gasteiger partial charge in [-0.2, -0.15) is 0 Å². The molecule has 0 aliphatic carbocycles. The number of carbonyl (C=O) groups is 1. The van der Waals surface area contributed by atoms with Crippen molar-refractivity contribution in [3.63, 3.8) is 0 Å². The third kappa shape index (κ3) is 2.50. The predicted molar refractivity (Wildman–Crippen MR) is 74.8 cm³/mol. The Morgan fingerprint density at radius 3 is 2.65 bits per heavy atom. The van der Waals surface area contributed by atoms with E-state index in [0.29, 0.717) is 6.54 Å². The summed E-state index contributed by atoms with van der Waals surface area (Å²) in [5, 5.41) is 3.29. The van der Waals surface area contributed by atoms with Crippen molar-refractivity contribution in [3.05, 3.63) is 29.6 Å². The van der Waals surface area contributed by atoms with E-state index in [2.05, 4.69) is 5.32 Å². The molecule has 1 aliphatic rings. The lowest BCUT2D eigenvalue weighted by molar-refractivity contribution is -0.130. The van der Waals surface area contributed by atoms with E-state index in [9.17, 15) is 9.18 Å². The summed E-state index contributed by atoms with van der Waals surface area (Å²) >= 11 is 0. The second kappa shape index (κ2) is 5.79. The lowest BCUT2D eigenvalue weighted by Gasteiger charge is -2.23. The van der Waals surface area contributed by atoms with Crippen LogP contribution in [0.4, 0.5) is 4.39 Å². The fourth-order valence-electron chi connectivity index (χ4n) is 2.58. The van der Waals surface area contributed by atoms with Crippen molar-refractivity contribution >= 4 is 5.91 Å². The molecule has 0 saturated carbocycles. The molecule has 1 aliphatic heterocycles. The standard InChI is InChI=1S/C15H21FN2O2/c1-5-18-14(17-13(9(2)3)15(18)19)10-6-7-12(20-4)11(16)8-10/h6-9,13-14,17H,5H2,1-4H3. The van der Waals surface area contributed by atoms with Gasteiger partial charge in [0.05, 0.1) is 13.2 Å². The van der Waals surface area contributed by atoms with Gasteiger partial charge in [0.25, 0.3) is 0 Å². The normalized spacial score (nSPS) is 22.7. The number of hydrogen-bond donors (Lipinski definition) is 1. The molecule has 0 bridgehead atoms. The van der Waals surface area contributed by atoms with E-state index in [0.717, 1.165) is 5.56 Å². The lowest BCUT2D eigenvalue weighted by Crippen LogP contribution is -2.34. The van der Waals surface area contributed by atoms with Gasteiger partial charge in [-0.3, -0.25) is 10.1 Å². The summed E-state index contributed by atoms with van der Waals surface area (Å²) in [4.78, 5) is 14.1. The van der Waals surface area contributed by atoms with E-state index >= 15 is 0 Å². The Kier molecular flexibility index (Phi) is 4.28. The van der Waals surface area contributed by atoms with Gasteiger partial charge in [0, 0.05) is 6.54 Å². The molecule has 20 heavy (non-hydrogen) atoms. The molecule has 5 heteroatoms. The van der Waals surface area contributed by atoms with Crippen LogP contribution < -0.4 is 10.1 Å². The van der Waals surface area contributed by atoms with Gasteiger partial charge in [-0.25, -0.2) is 4.39 Å². The Morgan fingerprint density at radius 1 is 1.45 bits per heavy atom. The zero-order valence-corrected chi connectivity index (χ0v) is 12.3. The number of nitrogens with one attached hydrogen (secondary N) is 1. The van der Waals surface area contributed by atoms with E-state index in [1.807, 2.05) is 20.8 Å². The van der Waals surface area contributed by atoms with E-state index in [1.54, 1.807) is 17.0 Å². The molecule has 2 atom stereocenters. The molecule has 1 aromatic carbocycles. The number of nitrogens with zero attached hydrogens (tertiary/aromatic N) is 1. The maximum absolute atomic E-state index is 13.8. The van der Waals surface area contributed by atoms with Crippen LogP contribution in [-0.2, 0) is 4.79 Å². The van der Waals surface area contributed by atoms with Gasteiger partial charge >= 0.3 is 0 Å². The van der Waals surface area contributed by atoms with Crippen molar-refractivity contribution in [2.24, 2.45) is 5.92 Å². The van der Waals surface area contributed by atoms with Crippen molar-refractivity contribution in [1.29, 1.82) is 0 Å². The summed E-state index contributed by atoms with van der Waals surface area (Å²) in [6.07, 6.45) is -0.277. The molecule has 1 saturated heterocycles. The number of rotatable bonds is 4. The fraction of sp³-hybridized carbons (Fsp3) is 0.533. The Hall–Kier alpha value is -1.62. The highest BCUT2D eigenvalue weighted by molar-refractivity contribution is 5.84. The fourth-order valence-corrected chi connectivity index (χ4v) is 2.58. The molecule has 1 aromatic rings. The average Bonchev–Trinajstić information content (AvgIpc) is 2.75. The molecule has 1 amide bonds. The maximum Gasteiger partial charge on any atom is 0.241 e. The molecular weight excluding hydrogens is 259 g/mol. The zero-order valence-electron chi connectivity index (χ0n) is 12.3. The van der Waals surface area contributed by atoms with Crippen LogP contribution in [-0.4, -0.2) is 30.5 Å². The zero-order chi connectivity index (χ0) is 14.9. The van der Waals surface area contributed by atoms with E-state index in [1.165, 1.54) is 13.2 Å². The van der Waals surface area contributed by atoms with Crippen molar-refractivity contribution in [1.82, 2.24) is 10.2 Å². The molecule has 0 spiro atoms. The van der Waals surface area contributed by atoms with Crippen LogP contribution in [0.2, 0.25) is 0 Å². The number of ether oxygens (including phenoxy) is 1. The summed E-state index contributed by atoms with van der Waals surface area (Å²) < 4.78 is 18.8. The summed E-state index contributed by atoms with van der Waals surface area (Å²) in [5.74, 6) is 0.0678. The number of hydrogen-bond acceptors (Lipinski definition) is 3. The van der Waals surface area contributed by atoms with Gasteiger partial charge in [-0.15, -0.1) is 0 Å². The molecule has 0 aromatic heterocycles. The largest absolute Gasteiger partial charge is 0.494 e. The first-order valence-electron chi connectivity index (χ1n) is 6.89. The smallest absolute Gasteiger partial charge is 0.241 e. The second-order valence-electron chi connectivity index (χ2n) is 5.31. The number of carbonyl (C=O) groups excluding carboxylic acids is 1. The summed E-state index contributed by atoms with van der Waals surface area (Å²) in [6.45, 7) is 6.52. The minimum atomic E-state index is -0.414. The summed E-state index contributed by atoms with van der Waals surface area (Å²) in [5.41, 5.74) is 0.738. The monoisotopic (exact) mass is 280 g/mol. The molecule has 110 valence electrons. The topological polar surface area (TPSA) is 41.6 Å². The van der Waals surface area contributed by atoms with Crippen LogP contribution in [0.3, 0.4) is 0 Å². The van der Waals surface area contributed by atoms with Crippen molar-refractivity contribution < 1.29 is 13.9 Å².